The van der Waals surface area contributed by atoms with Gasteiger partial charge in [0.1, 0.15) is 0 Å². The predicted octanol–water partition coefficient (Wildman–Crippen LogP) is 0.966. The maximum Gasteiger partial charge on any atom is 0.219 e. The van der Waals surface area contributed by atoms with Gasteiger partial charge in [0.2, 0.25) is 11.8 Å². The minimum atomic E-state index is 0.380. The second-order valence-corrected chi connectivity index (χ2v) is 2.85. The van der Waals surface area contributed by atoms with Crippen LogP contribution >= 0.6 is 0 Å². The summed E-state index contributed by atoms with van der Waals surface area (Å²) in [5.41, 5.74) is 6.55. The lowest BCUT2D eigenvalue weighted by Gasteiger charge is -1.88. The molecule has 2 rings (SSSR count). The number of hydrogen-bond acceptors (Lipinski definition) is 4. The number of aromatic nitrogens is 3. The monoisotopic (exact) mass is 178 g/mol. The summed E-state index contributed by atoms with van der Waals surface area (Å²) < 4.78 is 6.74. The smallest absolute Gasteiger partial charge is 0.219 e. The molecule has 0 atom stereocenters. The lowest BCUT2D eigenvalue weighted by Crippen LogP contribution is -1.97. The molecule has 5 nitrogen and oxygen atoms in total. The van der Waals surface area contributed by atoms with Crippen molar-refractivity contribution in [1.29, 1.82) is 0 Å². The van der Waals surface area contributed by atoms with E-state index in [1.165, 1.54) is 4.68 Å². The first-order valence-electron chi connectivity index (χ1n) is 3.89. The SMILES string of the molecule is Cc1ccoc1-c1nc(N)n(C)n1. The summed E-state index contributed by atoms with van der Waals surface area (Å²) in [5.74, 6) is 1.58. The van der Waals surface area contributed by atoms with Crippen LogP contribution in [0.2, 0.25) is 0 Å². The highest BCUT2D eigenvalue weighted by atomic mass is 16.3. The van der Waals surface area contributed by atoms with Crippen LogP contribution < -0.4 is 5.73 Å². The molecule has 2 heterocycles. The standard InChI is InChI=1S/C8H10N4O/c1-5-3-4-13-6(5)7-10-8(9)12(2)11-7/h3-4H,1-2H3,(H2,9,10,11). The van der Waals surface area contributed by atoms with Crippen LogP contribution in [0.5, 0.6) is 0 Å². The average molecular weight is 178 g/mol. The molecule has 0 amide bonds. The Labute approximate surface area is 75.2 Å². The van der Waals surface area contributed by atoms with Crippen molar-refractivity contribution in [2.45, 2.75) is 6.92 Å². The number of nitrogen functional groups attached to an aromatic ring is 1. The van der Waals surface area contributed by atoms with Crippen molar-refractivity contribution in [2.75, 3.05) is 5.73 Å². The van der Waals surface area contributed by atoms with E-state index in [0.29, 0.717) is 17.5 Å². The fourth-order valence-electron chi connectivity index (χ4n) is 1.09. The molecule has 68 valence electrons. The zero-order valence-corrected chi connectivity index (χ0v) is 7.48. The molecule has 5 heteroatoms. The number of hydrogen-bond donors (Lipinski definition) is 1. The van der Waals surface area contributed by atoms with Crippen molar-refractivity contribution >= 4 is 5.95 Å². The third-order valence-corrected chi connectivity index (χ3v) is 1.86. The highest BCUT2D eigenvalue weighted by Crippen LogP contribution is 2.20. The quantitative estimate of drug-likeness (QED) is 0.706. The van der Waals surface area contributed by atoms with E-state index in [1.54, 1.807) is 13.3 Å². The van der Waals surface area contributed by atoms with Gasteiger partial charge in [-0.15, -0.1) is 5.10 Å². The summed E-state index contributed by atoms with van der Waals surface area (Å²) in [6, 6.07) is 1.86. The lowest BCUT2D eigenvalue weighted by molar-refractivity contribution is 0.574. The molecule has 0 unspecified atom stereocenters. The zero-order chi connectivity index (χ0) is 9.42. The van der Waals surface area contributed by atoms with Gasteiger partial charge in [-0.25, -0.2) is 4.68 Å². The maximum absolute atomic E-state index is 5.54. The summed E-state index contributed by atoms with van der Waals surface area (Å²) >= 11 is 0. The van der Waals surface area contributed by atoms with E-state index in [9.17, 15) is 0 Å². The van der Waals surface area contributed by atoms with Crippen molar-refractivity contribution in [3.05, 3.63) is 17.9 Å². The van der Waals surface area contributed by atoms with Crippen LogP contribution in [-0.2, 0) is 7.05 Å². The topological polar surface area (TPSA) is 69.9 Å². The normalized spacial score (nSPS) is 10.6. The van der Waals surface area contributed by atoms with E-state index < -0.39 is 0 Å². The first-order valence-corrected chi connectivity index (χ1v) is 3.89. The first-order chi connectivity index (χ1) is 6.18. The second kappa shape index (κ2) is 2.62. The molecule has 0 aliphatic rings. The third kappa shape index (κ3) is 1.18. The van der Waals surface area contributed by atoms with Crippen LogP contribution in [0.15, 0.2) is 16.7 Å². The van der Waals surface area contributed by atoms with Crippen LogP contribution in [-0.4, -0.2) is 14.8 Å². The molecule has 0 saturated heterocycles. The fraction of sp³-hybridized carbons (Fsp3) is 0.250. The van der Waals surface area contributed by atoms with E-state index in [1.807, 2.05) is 13.0 Å². The summed E-state index contributed by atoms with van der Waals surface area (Å²) in [4.78, 5) is 4.05. The molecule has 0 radical (unpaired) electrons. The van der Waals surface area contributed by atoms with Gasteiger partial charge in [-0.05, 0) is 18.6 Å². The molecule has 0 aliphatic carbocycles. The molecular formula is C8H10N4O. The Kier molecular flexibility index (Phi) is 1.58. The largest absolute Gasteiger partial charge is 0.461 e. The third-order valence-electron chi connectivity index (χ3n) is 1.86. The summed E-state index contributed by atoms with van der Waals surface area (Å²) in [7, 11) is 1.74. The highest BCUT2D eigenvalue weighted by molar-refractivity contribution is 5.52. The van der Waals surface area contributed by atoms with Crippen LogP contribution in [0.25, 0.3) is 11.6 Å². The van der Waals surface area contributed by atoms with Crippen LogP contribution in [0.1, 0.15) is 5.56 Å². The van der Waals surface area contributed by atoms with E-state index in [0.717, 1.165) is 5.56 Å². The number of nitrogens with two attached hydrogens (primary N) is 1. The molecule has 0 fully saturated rings. The van der Waals surface area contributed by atoms with Gasteiger partial charge in [0.15, 0.2) is 5.76 Å². The maximum atomic E-state index is 5.54. The molecular weight excluding hydrogens is 168 g/mol. The predicted molar refractivity (Wildman–Crippen MR) is 47.9 cm³/mol. The Morgan fingerprint density at radius 2 is 2.31 bits per heavy atom. The van der Waals surface area contributed by atoms with Crippen LogP contribution in [0.4, 0.5) is 5.95 Å². The zero-order valence-electron chi connectivity index (χ0n) is 7.48. The minimum Gasteiger partial charge on any atom is -0.461 e. The van der Waals surface area contributed by atoms with Crippen molar-refractivity contribution in [1.82, 2.24) is 14.8 Å². The molecule has 13 heavy (non-hydrogen) atoms. The van der Waals surface area contributed by atoms with Gasteiger partial charge in [-0.3, -0.25) is 0 Å². The minimum absolute atomic E-state index is 0.380. The van der Waals surface area contributed by atoms with Gasteiger partial charge in [0, 0.05) is 7.05 Å². The van der Waals surface area contributed by atoms with Gasteiger partial charge >= 0.3 is 0 Å². The van der Waals surface area contributed by atoms with E-state index in [2.05, 4.69) is 10.1 Å². The molecule has 2 aromatic heterocycles. The van der Waals surface area contributed by atoms with Gasteiger partial charge in [-0.2, -0.15) is 4.98 Å². The molecule has 0 aromatic carbocycles. The molecule has 0 aliphatic heterocycles. The number of aryl methyl sites for hydroxylation is 2. The molecule has 2 aromatic rings. The Bertz CT molecular complexity index is 410. The number of rotatable bonds is 1. The summed E-state index contributed by atoms with van der Waals surface area (Å²) in [6.07, 6.45) is 1.61. The van der Waals surface area contributed by atoms with Crippen molar-refractivity contribution in [3.8, 4) is 11.6 Å². The molecule has 2 N–H and O–H groups in total. The Morgan fingerprint density at radius 3 is 2.77 bits per heavy atom. The molecule has 0 spiro atoms. The summed E-state index contributed by atoms with van der Waals surface area (Å²) in [5, 5.41) is 4.10. The first kappa shape index (κ1) is 7.85. The van der Waals surface area contributed by atoms with Crippen LogP contribution in [0, 0.1) is 6.92 Å². The Hall–Kier alpha value is -1.78. The van der Waals surface area contributed by atoms with Crippen LogP contribution in [0.3, 0.4) is 0 Å². The fourth-order valence-corrected chi connectivity index (χ4v) is 1.09. The van der Waals surface area contributed by atoms with Gasteiger partial charge in [0.05, 0.1) is 6.26 Å². The van der Waals surface area contributed by atoms with Gasteiger partial charge in [-0.1, -0.05) is 0 Å². The number of anilines is 1. The van der Waals surface area contributed by atoms with Gasteiger partial charge < -0.3 is 10.2 Å². The van der Waals surface area contributed by atoms with E-state index in [4.69, 9.17) is 10.2 Å². The van der Waals surface area contributed by atoms with Crippen molar-refractivity contribution < 1.29 is 4.42 Å². The second-order valence-electron chi connectivity index (χ2n) is 2.85. The summed E-state index contributed by atoms with van der Waals surface area (Å²) in [6.45, 7) is 1.94. The van der Waals surface area contributed by atoms with E-state index in [-0.39, 0.29) is 0 Å². The van der Waals surface area contributed by atoms with Gasteiger partial charge in [0.25, 0.3) is 0 Å². The van der Waals surface area contributed by atoms with Crippen molar-refractivity contribution in [2.24, 2.45) is 7.05 Å². The van der Waals surface area contributed by atoms with Crippen molar-refractivity contribution in [3.63, 3.8) is 0 Å². The Balaban J connectivity index is 2.53. The number of nitrogens with zero attached hydrogens (tertiary/aromatic N) is 3. The molecule has 0 saturated carbocycles. The lowest BCUT2D eigenvalue weighted by atomic mass is 10.3. The Morgan fingerprint density at radius 1 is 1.54 bits per heavy atom. The van der Waals surface area contributed by atoms with E-state index >= 15 is 0 Å². The molecule has 0 bridgehead atoms. The average Bonchev–Trinajstić information content (AvgIpc) is 2.60. The highest BCUT2D eigenvalue weighted by Gasteiger charge is 2.11. The number of furan rings is 1.